The van der Waals surface area contributed by atoms with Gasteiger partial charge in [0, 0.05) is 31.7 Å². The molecule has 0 bridgehead atoms. The standard InChI is InChI=1S/C18H20N6O2/c1-3-20-18(26)23-16-7-12-5-4-6-13(14(12)9-21-16)8-22-17(25)15-10-19-11-24(15)2/h4-7,9-11H,3,8H2,1-2H3,(H,22,25)(H2,20,21,23,26). The van der Waals surface area contributed by atoms with Crippen LogP contribution in [0, 0.1) is 0 Å². The van der Waals surface area contributed by atoms with Crippen molar-refractivity contribution in [2.75, 3.05) is 11.9 Å². The van der Waals surface area contributed by atoms with Gasteiger partial charge in [0.05, 0.1) is 12.5 Å². The minimum atomic E-state index is -0.293. The van der Waals surface area contributed by atoms with Crippen LogP contribution in [0.25, 0.3) is 10.8 Å². The Bertz CT molecular complexity index is 950. The molecule has 2 aromatic heterocycles. The van der Waals surface area contributed by atoms with Crippen LogP contribution in [-0.2, 0) is 13.6 Å². The van der Waals surface area contributed by atoms with Crippen molar-refractivity contribution in [1.29, 1.82) is 0 Å². The Balaban J connectivity index is 1.76. The highest BCUT2D eigenvalue weighted by Gasteiger charge is 2.11. The summed E-state index contributed by atoms with van der Waals surface area (Å²) >= 11 is 0. The van der Waals surface area contributed by atoms with Crippen LogP contribution < -0.4 is 16.0 Å². The maximum absolute atomic E-state index is 12.2. The Hall–Kier alpha value is -3.42. The molecular weight excluding hydrogens is 332 g/mol. The van der Waals surface area contributed by atoms with Crippen LogP contribution >= 0.6 is 0 Å². The van der Waals surface area contributed by atoms with Crippen molar-refractivity contribution < 1.29 is 9.59 Å². The van der Waals surface area contributed by atoms with Gasteiger partial charge in [0.1, 0.15) is 11.5 Å². The van der Waals surface area contributed by atoms with Gasteiger partial charge in [-0.3, -0.25) is 10.1 Å². The lowest BCUT2D eigenvalue weighted by atomic mass is 10.1. The average Bonchev–Trinajstić information content (AvgIpc) is 3.05. The van der Waals surface area contributed by atoms with E-state index in [1.54, 1.807) is 30.2 Å². The van der Waals surface area contributed by atoms with Crippen molar-refractivity contribution in [2.45, 2.75) is 13.5 Å². The summed E-state index contributed by atoms with van der Waals surface area (Å²) in [6.07, 6.45) is 4.81. The summed E-state index contributed by atoms with van der Waals surface area (Å²) < 4.78 is 1.67. The molecule has 3 aromatic rings. The molecule has 0 aliphatic rings. The van der Waals surface area contributed by atoms with Gasteiger partial charge in [-0.05, 0) is 23.9 Å². The van der Waals surface area contributed by atoms with Crippen LogP contribution in [0.2, 0.25) is 0 Å². The number of urea groups is 1. The van der Waals surface area contributed by atoms with E-state index in [1.165, 1.54) is 6.20 Å². The number of benzene rings is 1. The monoisotopic (exact) mass is 352 g/mol. The van der Waals surface area contributed by atoms with Crippen molar-refractivity contribution in [3.63, 3.8) is 0 Å². The topological polar surface area (TPSA) is 101 Å². The summed E-state index contributed by atoms with van der Waals surface area (Å²) in [4.78, 5) is 32.1. The third kappa shape index (κ3) is 3.80. The second-order valence-corrected chi connectivity index (χ2v) is 5.76. The van der Waals surface area contributed by atoms with Gasteiger partial charge in [0.15, 0.2) is 0 Å². The number of anilines is 1. The smallest absolute Gasteiger partial charge is 0.320 e. The van der Waals surface area contributed by atoms with Gasteiger partial charge < -0.3 is 15.2 Å². The number of hydrogen-bond donors (Lipinski definition) is 3. The first-order valence-corrected chi connectivity index (χ1v) is 8.25. The van der Waals surface area contributed by atoms with Crippen LogP contribution in [0.15, 0.2) is 43.0 Å². The van der Waals surface area contributed by atoms with Gasteiger partial charge in [-0.15, -0.1) is 0 Å². The Morgan fingerprint density at radius 2 is 2.04 bits per heavy atom. The maximum Gasteiger partial charge on any atom is 0.320 e. The molecule has 0 unspecified atom stereocenters. The number of fused-ring (bicyclic) bond motifs is 1. The molecule has 2 heterocycles. The average molecular weight is 352 g/mol. The summed E-state index contributed by atoms with van der Waals surface area (Å²) in [5, 5.41) is 10.1. The molecule has 26 heavy (non-hydrogen) atoms. The van der Waals surface area contributed by atoms with E-state index in [2.05, 4.69) is 25.9 Å². The molecule has 8 heteroatoms. The summed E-state index contributed by atoms with van der Waals surface area (Å²) in [5.41, 5.74) is 1.44. The van der Waals surface area contributed by atoms with E-state index in [0.29, 0.717) is 24.6 Å². The Kier molecular flexibility index (Phi) is 5.12. The van der Waals surface area contributed by atoms with E-state index in [4.69, 9.17) is 0 Å². The quantitative estimate of drug-likeness (QED) is 0.654. The summed E-state index contributed by atoms with van der Waals surface area (Å²) in [5.74, 6) is 0.281. The first kappa shape index (κ1) is 17.4. The van der Waals surface area contributed by atoms with Crippen LogP contribution in [0.4, 0.5) is 10.6 Å². The number of imidazole rings is 1. The second-order valence-electron chi connectivity index (χ2n) is 5.76. The predicted molar refractivity (Wildman–Crippen MR) is 98.8 cm³/mol. The summed E-state index contributed by atoms with van der Waals surface area (Å²) in [7, 11) is 1.77. The second kappa shape index (κ2) is 7.64. The zero-order chi connectivity index (χ0) is 18.5. The molecule has 3 rings (SSSR count). The van der Waals surface area contributed by atoms with Gasteiger partial charge in [-0.1, -0.05) is 18.2 Å². The Morgan fingerprint density at radius 3 is 2.77 bits per heavy atom. The fourth-order valence-electron chi connectivity index (χ4n) is 2.62. The van der Waals surface area contributed by atoms with Crippen molar-refractivity contribution >= 4 is 28.5 Å². The van der Waals surface area contributed by atoms with Gasteiger partial charge in [-0.25, -0.2) is 14.8 Å². The Morgan fingerprint density at radius 1 is 1.19 bits per heavy atom. The molecule has 0 saturated heterocycles. The van der Waals surface area contributed by atoms with Crippen LogP contribution in [-0.4, -0.2) is 33.0 Å². The normalized spacial score (nSPS) is 10.5. The van der Waals surface area contributed by atoms with Gasteiger partial charge in [0.25, 0.3) is 5.91 Å². The first-order chi connectivity index (χ1) is 12.6. The van der Waals surface area contributed by atoms with Crippen LogP contribution in [0.5, 0.6) is 0 Å². The summed E-state index contributed by atoms with van der Waals surface area (Å²) in [6, 6.07) is 7.29. The van der Waals surface area contributed by atoms with Crippen LogP contribution in [0.1, 0.15) is 23.0 Å². The minimum absolute atomic E-state index is 0.190. The molecule has 0 aliphatic carbocycles. The first-order valence-electron chi connectivity index (χ1n) is 8.25. The fourth-order valence-corrected chi connectivity index (χ4v) is 2.62. The summed E-state index contributed by atoms with van der Waals surface area (Å²) in [6.45, 7) is 2.76. The number of nitrogens with zero attached hydrogens (tertiary/aromatic N) is 3. The van der Waals surface area contributed by atoms with Crippen molar-refractivity contribution in [3.05, 3.63) is 54.2 Å². The molecule has 1 aromatic carbocycles. The van der Waals surface area contributed by atoms with Gasteiger partial charge in [0.2, 0.25) is 0 Å². The number of aromatic nitrogens is 3. The van der Waals surface area contributed by atoms with Gasteiger partial charge >= 0.3 is 6.03 Å². The lowest BCUT2D eigenvalue weighted by molar-refractivity contribution is 0.0943. The number of nitrogens with one attached hydrogen (secondary N) is 3. The molecule has 3 amide bonds. The third-order valence-corrected chi connectivity index (χ3v) is 3.92. The number of amides is 3. The van der Waals surface area contributed by atoms with Crippen molar-refractivity contribution in [1.82, 2.24) is 25.2 Å². The molecule has 0 saturated carbocycles. The highest BCUT2D eigenvalue weighted by Crippen LogP contribution is 2.20. The highest BCUT2D eigenvalue weighted by atomic mass is 16.2. The number of rotatable bonds is 5. The maximum atomic E-state index is 12.2. The van der Waals surface area contributed by atoms with E-state index in [-0.39, 0.29) is 11.9 Å². The molecule has 0 atom stereocenters. The van der Waals surface area contributed by atoms with E-state index in [1.807, 2.05) is 25.1 Å². The molecule has 0 aliphatic heterocycles. The lowest BCUT2D eigenvalue weighted by Crippen LogP contribution is -2.28. The zero-order valence-corrected chi connectivity index (χ0v) is 14.6. The van der Waals surface area contributed by atoms with E-state index in [0.717, 1.165) is 16.3 Å². The number of pyridine rings is 1. The highest BCUT2D eigenvalue weighted by molar-refractivity contribution is 5.94. The molecule has 0 radical (unpaired) electrons. The number of hydrogen-bond acceptors (Lipinski definition) is 4. The fraction of sp³-hybridized carbons (Fsp3) is 0.222. The van der Waals surface area contributed by atoms with Crippen molar-refractivity contribution in [3.8, 4) is 0 Å². The molecule has 134 valence electrons. The van der Waals surface area contributed by atoms with Crippen molar-refractivity contribution in [2.24, 2.45) is 7.05 Å². The number of carbonyl (C=O) groups is 2. The van der Waals surface area contributed by atoms with Crippen LogP contribution in [0.3, 0.4) is 0 Å². The molecule has 0 fully saturated rings. The molecular formula is C18H20N6O2. The minimum Gasteiger partial charge on any atom is -0.347 e. The Labute approximate surface area is 150 Å². The number of carbonyl (C=O) groups excluding carboxylic acids is 2. The zero-order valence-electron chi connectivity index (χ0n) is 14.6. The van der Waals surface area contributed by atoms with E-state index < -0.39 is 0 Å². The van der Waals surface area contributed by atoms with E-state index >= 15 is 0 Å². The van der Waals surface area contributed by atoms with Gasteiger partial charge in [-0.2, -0.15) is 0 Å². The lowest BCUT2D eigenvalue weighted by Gasteiger charge is -2.10. The SMILES string of the molecule is CCNC(=O)Nc1cc2cccc(CNC(=O)c3cncn3C)c2cn1. The number of aryl methyl sites for hydroxylation is 1. The molecule has 3 N–H and O–H groups in total. The van der Waals surface area contributed by atoms with E-state index in [9.17, 15) is 9.59 Å². The largest absolute Gasteiger partial charge is 0.347 e. The predicted octanol–water partition coefficient (Wildman–Crippen LogP) is 2.04. The third-order valence-electron chi connectivity index (χ3n) is 3.92. The molecule has 8 nitrogen and oxygen atoms in total. The molecule has 0 spiro atoms.